The van der Waals surface area contributed by atoms with Crippen LogP contribution in [0.1, 0.15) is 18.9 Å². The third kappa shape index (κ3) is 3.42. The van der Waals surface area contributed by atoms with Gasteiger partial charge in [0, 0.05) is 31.9 Å². The molecule has 6 heteroatoms. The maximum atomic E-state index is 13.2. The molecule has 2 aromatic carbocycles. The number of nitrogens with zero attached hydrogens (tertiary/aromatic N) is 4. The van der Waals surface area contributed by atoms with Crippen molar-refractivity contribution in [3.05, 3.63) is 60.2 Å². The van der Waals surface area contributed by atoms with Gasteiger partial charge in [0.1, 0.15) is 17.8 Å². The van der Waals surface area contributed by atoms with E-state index >= 15 is 0 Å². The molecule has 2 atom stereocenters. The van der Waals surface area contributed by atoms with E-state index in [-0.39, 0.29) is 12.0 Å². The molecule has 1 N–H and O–H groups in total. The van der Waals surface area contributed by atoms with Gasteiger partial charge in [0.2, 0.25) is 0 Å². The lowest BCUT2D eigenvalue weighted by molar-refractivity contribution is 0.0156. The Bertz CT molecular complexity index is 914. The second kappa shape index (κ2) is 7.29. The van der Waals surface area contributed by atoms with Crippen LogP contribution in [0.3, 0.4) is 0 Å². The molecule has 27 heavy (non-hydrogen) atoms. The van der Waals surface area contributed by atoms with Gasteiger partial charge in [-0.05, 0) is 50.2 Å². The SMILES string of the molecule is Cc1nc2ccccc2n1C(C(C)O)N1CCN(c2ccc(F)cc2)CC1. The fraction of sp³-hybridized carbons (Fsp3) is 0.381. The second-order valence-electron chi connectivity index (χ2n) is 7.17. The Morgan fingerprint density at radius 3 is 2.33 bits per heavy atom. The summed E-state index contributed by atoms with van der Waals surface area (Å²) in [6.07, 6.45) is -0.688. The van der Waals surface area contributed by atoms with Gasteiger partial charge in [0.15, 0.2) is 0 Å². The van der Waals surface area contributed by atoms with Crippen LogP contribution in [0.15, 0.2) is 48.5 Å². The molecule has 1 aliphatic heterocycles. The van der Waals surface area contributed by atoms with Gasteiger partial charge in [0.25, 0.3) is 0 Å². The van der Waals surface area contributed by atoms with Crippen LogP contribution in [0.5, 0.6) is 0 Å². The van der Waals surface area contributed by atoms with Crippen LogP contribution < -0.4 is 4.90 Å². The van der Waals surface area contributed by atoms with Crippen molar-refractivity contribution in [1.29, 1.82) is 0 Å². The largest absolute Gasteiger partial charge is 0.390 e. The zero-order chi connectivity index (χ0) is 19.0. The van der Waals surface area contributed by atoms with Crippen LogP contribution in [0.4, 0.5) is 10.1 Å². The summed E-state index contributed by atoms with van der Waals surface area (Å²) in [6, 6.07) is 14.7. The van der Waals surface area contributed by atoms with Crippen LogP contribution in [0, 0.1) is 12.7 Å². The number of aliphatic hydroxyl groups excluding tert-OH is 1. The molecule has 0 aliphatic carbocycles. The zero-order valence-corrected chi connectivity index (χ0v) is 15.7. The van der Waals surface area contributed by atoms with Gasteiger partial charge in [-0.3, -0.25) is 4.90 Å². The van der Waals surface area contributed by atoms with E-state index in [1.54, 1.807) is 0 Å². The molecular weight excluding hydrogens is 343 g/mol. The van der Waals surface area contributed by atoms with Gasteiger partial charge in [-0.2, -0.15) is 0 Å². The quantitative estimate of drug-likeness (QED) is 0.768. The van der Waals surface area contributed by atoms with Crippen molar-refractivity contribution < 1.29 is 9.50 Å². The Hall–Kier alpha value is -2.44. The highest BCUT2D eigenvalue weighted by molar-refractivity contribution is 5.76. The number of hydrogen-bond acceptors (Lipinski definition) is 4. The Morgan fingerprint density at radius 1 is 1.00 bits per heavy atom. The summed E-state index contributed by atoms with van der Waals surface area (Å²) in [5.74, 6) is 0.692. The highest BCUT2D eigenvalue weighted by Crippen LogP contribution is 2.28. The molecule has 0 amide bonds. The monoisotopic (exact) mass is 368 g/mol. The maximum absolute atomic E-state index is 13.2. The smallest absolute Gasteiger partial charge is 0.123 e. The fourth-order valence-corrected chi connectivity index (χ4v) is 4.08. The van der Waals surface area contributed by atoms with Gasteiger partial charge < -0.3 is 14.6 Å². The summed E-state index contributed by atoms with van der Waals surface area (Å²) >= 11 is 0. The van der Waals surface area contributed by atoms with Crippen LogP contribution in [-0.4, -0.2) is 51.8 Å². The lowest BCUT2D eigenvalue weighted by Crippen LogP contribution is -2.51. The number of piperazine rings is 1. The molecule has 2 unspecified atom stereocenters. The van der Waals surface area contributed by atoms with Crippen molar-refractivity contribution in [2.75, 3.05) is 31.1 Å². The first-order valence-corrected chi connectivity index (χ1v) is 9.41. The number of benzene rings is 2. The van der Waals surface area contributed by atoms with E-state index in [9.17, 15) is 9.50 Å². The number of aliphatic hydroxyl groups is 1. The molecule has 0 bridgehead atoms. The average molecular weight is 368 g/mol. The average Bonchev–Trinajstić information content (AvgIpc) is 2.99. The highest BCUT2D eigenvalue weighted by atomic mass is 19.1. The third-order valence-electron chi connectivity index (χ3n) is 5.35. The van der Waals surface area contributed by atoms with E-state index in [1.807, 2.05) is 44.2 Å². The summed E-state index contributed by atoms with van der Waals surface area (Å²) in [5.41, 5.74) is 3.03. The number of aromatic nitrogens is 2. The maximum Gasteiger partial charge on any atom is 0.123 e. The number of aryl methyl sites for hydroxylation is 1. The molecule has 2 heterocycles. The van der Waals surface area contributed by atoms with Crippen molar-refractivity contribution >= 4 is 16.7 Å². The molecular formula is C21H25FN4O. The number of fused-ring (bicyclic) bond motifs is 1. The molecule has 0 saturated carbocycles. The van der Waals surface area contributed by atoms with Gasteiger partial charge >= 0.3 is 0 Å². The van der Waals surface area contributed by atoms with E-state index in [2.05, 4.69) is 25.4 Å². The van der Waals surface area contributed by atoms with Crippen molar-refractivity contribution in [2.24, 2.45) is 0 Å². The highest BCUT2D eigenvalue weighted by Gasteiger charge is 2.30. The number of anilines is 1. The summed E-state index contributed by atoms with van der Waals surface area (Å²) in [6.45, 7) is 7.13. The Balaban J connectivity index is 1.57. The van der Waals surface area contributed by atoms with Gasteiger partial charge in [-0.15, -0.1) is 0 Å². The first kappa shape index (κ1) is 17.9. The molecule has 1 aliphatic rings. The number of imidazole rings is 1. The van der Waals surface area contributed by atoms with Crippen LogP contribution >= 0.6 is 0 Å². The Labute approximate surface area is 158 Å². The van der Waals surface area contributed by atoms with Crippen molar-refractivity contribution in [1.82, 2.24) is 14.5 Å². The van der Waals surface area contributed by atoms with Crippen molar-refractivity contribution in [2.45, 2.75) is 26.1 Å². The molecule has 4 rings (SSSR count). The minimum absolute atomic E-state index is 0.159. The molecule has 0 spiro atoms. The topological polar surface area (TPSA) is 44.5 Å². The Morgan fingerprint density at radius 2 is 1.67 bits per heavy atom. The molecule has 1 aromatic heterocycles. The van der Waals surface area contributed by atoms with E-state index in [1.165, 1.54) is 12.1 Å². The molecule has 1 fully saturated rings. The van der Waals surface area contributed by atoms with Crippen molar-refractivity contribution in [3.8, 4) is 0 Å². The summed E-state index contributed by atoms with van der Waals surface area (Å²) in [7, 11) is 0. The number of halogens is 1. The molecule has 5 nitrogen and oxygen atoms in total. The number of rotatable bonds is 4. The van der Waals surface area contributed by atoms with E-state index in [0.29, 0.717) is 0 Å². The van der Waals surface area contributed by atoms with Crippen LogP contribution in [0.25, 0.3) is 11.0 Å². The summed E-state index contributed by atoms with van der Waals surface area (Å²) in [5, 5.41) is 10.6. The minimum Gasteiger partial charge on any atom is -0.390 e. The van der Waals surface area contributed by atoms with Crippen LogP contribution in [0.2, 0.25) is 0 Å². The van der Waals surface area contributed by atoms with Crippen LogP contribution in [-0.2, 0) is 0 Å². The molecule has 3 aromatic rings. The molecule has 1 saturated heterocycles. The van der Waals surface area contributed by atoms with E-state index < -0.39 is 6.10 Å². The zero-order valence-electron chi connectivity index (χ0n) is 15.7. The number of para-hydroxylation sites is 2. The predicted molar refractivity (Wildman–Crippen MR) is 105 cm³/mol. The number of hydrogen-bond donors (Lipinski definition) is 1. The predicted octanol–water partition coefficient (Wildman–Crippen LogP) is 3.19. The van der Waals surface area contributed by atoms with E-state index in [0.717, 1.165) is 48.7 Å². The minimum atomic E-state index is -0.529. The lowest BCUT2D eigenvalue weighted by Gasteiger charge is -2.42. The lowest BCUT2D eigenvalue weighted by atomic mass is 10.2. The van der Waals surface area contributed by atoms with E-state index in [4.69, 9.17) is 0 Å². The first-order valence-electron chi connectivity index (χ1n) is 9.41. The first-order chi connectivity index (χ1) is 13.0. The second-order valence-corrected chi connectivity index (χ2v) is 7.17. The van der Waals surface area contributed by atoms with Gasteiger partial charge in [-0.25, -0.2) is 9.37 Å². The third-order valence-corrected chi connectivity index (χ3v) is 5.35. The molecule has 142 valence electrons. The van der Waals surface area contributed by atoms with Crippen molar-refractivity contribution in [3.63, 3.8) is 0 Å². The summed E-state index contributed by atoms with van der Waals surface area (Å²) in [4.78, 5) is 9.23. The fourth-order valence-electron chi connectivity index (χ4n) is 4.08. The standard InChI is InChI=1S/C21H25FN4O/c1-15(27)21(26-16(2)23-19-5-3-4-6-20(19)26)25-13-11-24(12-14-25)18-9-7-17(22)8-10-18/h3-10,15,21,27H,11-14H2,1-2H3. The van der Waals surface area contributed by atoms with Gasteiger partial charge in [0.05, 0.1) is 17.1 Å². The molecule has 0 radical (unpaired) electrons. The van der Waals surface area contributed by atoms with Gasteiger partial charge in [-0.1, -0.05) is 12.1 Å². The normalized spacial score (nSPS) is 18.0. The Kier molecular flexibility index (Phi) is 4.85. The summed E-state index contributed by atoms with van der Waals surface area (Å²) < 4.78 is 15.3.